The van der Waals surface area contributed by atoms with Gasteiger partial charge in [-0.2, -0.15) is 0 Å². The van der Waals surface area contributed by atoms with Crippen LogP contribution in [0.4, 0.5) is 0 Å². The van der Waals surface area contributed by atoms with Crippen molar-refractivity contribution in [3.8, 4) is 0 Å². The van der Waals surface area contributed by atoms with Gasteiger partial charge < -0.3 is 9.64 Å². The molecular weight excluding hydrogens is 294 g/mol. The van der Waals surface area contributed by atoms with Crippen LogP contribution in [0, 0.1) is 0 Å². The Morgan fingerprint density at radius 3 is 2.68 bits per heavy atom. The third-order valence-electron chi connectivity index (χ3n) is 4.79. The van der Waals surface area contributed by atoms with Crippen LogP contribution in [0.3, 0.4) is 0 Å². The molecule has 22 heavy (non-hydrogen) atoms. The van der Waals surface area contributed by atoms with Crippen LogP contribution >= 0.6 is 11.3 Å². The van der Waals surface area contributed by atoms with E-state index < -0.39 is 0 Å². The van der Waals surface area contributed by atoms with Crippen LogP contribution in [0.5, 0.6) is 0 Å². The van der Waals surface area contributed by atoms with E-state index in [0.29, 0.717) is 0 Å². The molecule has 0 saturated carbocycles. The molecule has 2 aliphatic heterocycles. The number of hydrogen-bond acceptors (Lipinski definition) is 3. The number of likely N-dealkylation sites (tertiary alicyclic amines) is 1. The van der Waals surface area contributed by atoms with Crippen molar-refractivity contribution in [1.82, 2.24) is 4.90 Å². The lowest BCUT2D eigenvalue weighted by molar-refractivity contribution is -0.0906. The predicted molar refractivity (Wildman–Crippen MR) is 87.2 cm³/mol. The lowest BCUT2D eigenvalue weighted by Crippen LogP contribution is -2.47. The first-order chi connectivity index (χ1) is 10.8. The molecule has 1 amide bonds. The zero-order valence-electron chi connectivity index (χ0n) is 12.5. The second-order valence-electron chi connectivity index (χ2n) is 6.03. The first kappa shape index (κ1) is 14.0. The van der Waals surface area contributed by atoms with Gasteiger partial charge in [-0.3, -0.25) is 4.79 Å². The number of amides is 1. The summed E-state index contributed by atoms with van der Waals surface area (Å²) < 4.78 is 6.20. The fourth-order valence-corrected chi connectivity index (χ4v) is 4.73. The molecule has 0 N–H and O–H groups in total. The normalized spacial score (nSPS) is 19.9. The van der Waals surface area contributed by atoms with Gasteiger partial charge in [-0.1, -0.05) is 18.2 Å². The van der Waals surface area contributed by atoms with Crippen molar-refractivity contribution >= 4 is 17.2 Å². The quantitative estimate of drug-likeness (QED) is 0.807. The zero-order chi connectivity index (χ0) is 15.0. The summed E-state index contributed by atoms with van der Waals surface area (Å²) in [7, 11) is 0. The number of carbonyl (C=O) groups is 1. The summed E-state index contributed by atoms with van der Waals surface area (Å²) in [6.45, 7) is 2.34. The maximum Gasteiger partial charge on any atom is 0.253 e. The molecule has 0 atom stereocenters. The molecule has 1 saturated heterocycles. The molecule has 1 spiro atoms. The molecule has 1 aromatic heterocycles. The highest BCUT2D eigenvalue weighted by atomic mass is 32.1. The third kappa shape index (κ3) is 2.27. The van der Waals surface area contributed by atoms with E-state index in [-0.39, 0.29) is 11.5 Å². The molecule has 0 unspecified atom stereocenters. The summed E-state index contributed by atoms with van der Waals surface area (Å²) in [5.41, 5.74) is 2.08. The number of rotatable bonds is 1. The molecule has 1 fully saturated rings. The monoisotopic (exact) mass is 313 g/mol. The molecule has 0 aliphatic carbocycles. The fraction of sp³-hybridized carbons (Fsp3) is 0.389. The minimum absolute atomic E-state index is 0.137. The molecule has 3 heterocycles. The molecular formula is C18H19NO2S. The summed E-state index contributed by atoms with van der Waals surface area (Å²) >= 11 is 1.81. The van der Waals surface area contributed by atoms with Gasteiger partial charge in [-0.15, -0.1) is 11.3 Å². The smallest absolute Gasteiger partial charge is 0.253 e. The minimum Gasteiger partial charge on any atom is -0.369 e. The van der Waals surface area contributed by atoms with Crippen molar-refractivity contribution in [2.45, 2.75) is 24.9 Å². The predicted octanol–water partition coefficient (Wildman–Crippen LogP) is 3.45. The van der Waals surface area contributed by atoms with Gasteiger partial charge in [0.05, 0.1) is 6.61 Å². The number of fused-ring (bicyclic) bond motifs is 2. The van der Waals surface area contributed by atoms with Gasteiger partial charge in [0, 0.05) is 23.5 Å². The average molecular weight is 313 g/mol. The molecule has 2 aliphatic rings. The van der Waals surface area contributed by atoms with Gasteiger partial charge in [0.25, 0.3) is 5.91 Å². The van der Waals surface area contributed by atoms with Crippen molar-refractivity contribution in [2.75, 3.05) is 19.7 Å². The molecule has 4 rings (SSSR count). The number of benzene rings is 1. The maximum atomic E-state index is 12.6. The number of carbonyl (C=O) groups excluding carboxylic acids is 1. The highest BCUT2D eigenvalue weighted by molar-refractivity contribution is 7.10. The zero-order valence-corrected chi connectivity index (χ0v) is 13.3. The number of ether oxygens (including phenoxy) is 1. The van der Waals surface area contributed by atoms with Crippen molar-refractivity contribution in [3.63, 3.8) is 0 Å². The maximum absolute atomic E-state index is 12.6. The van der Waals surface area contributed by atoms with E-state index in [9.17, 15) is 4.79 Å². The van der Waals surface area contributed by atoms with Gasteiger partial charge in [0.15, 0.2) is 0 Å². The Balaban J connectivity index is 1.51. The van der Waals surface area contributed by atoms with Crippen LogP contribution < -0.4 is 0 Å². The van der Waals surface area contributed by atoms with Crippen LogP contribution in [0.15, 0.2) is 41.8 Å². The largest absolute Gasteiger partial charge is 0.369 e. The summed E-state index contributed by atoms with van der Waals surface area (Å²) in [6.07, 6.45) is 2.82. The second kappa shape index (κ2) is 5.52. The lowest BCUT2D eigenvalue weighted by Gasteiger charge is -2.43. The van der Waals surface area contributed by atoms with E-state index in [0.717, 1.165) is 44.5 Å². The molecule has 1 aromatic carbocycles. The minimum atomic E-state index is -0.144. The molecule has 0 radical (unpaired) electrons. The second-order valence-corrected chi connectivity index (χ2v) is 6.94. The van der Waals surface area contributed by atoms with Gasteiger partial charge in [0.1, 0.15) is 5.60 Å². The van der Waals surface area contributed by atoms with E-state index in [1.54, 1.807) is 0 Å². The van der Waals surface area contributed by atoms with Gasteiger partial charge in [-0.05, 0) is 48.4 Å². The van der Waals surface area contributed by atoms with Gasteiger partial charge in [-0.25, -0.2) is 0 Å². The van der Waals surface area contributed by atoms with E-state index in [4.69, 9.17) is 4.74 Å². The number of hydrogen-bond donors (Lipinski definition) is 0. The van der Waals surface area contributed by atoms with Crippen LogP contribution in [0.2, 0.25) is 0 Å². The Hall–Kier alpha value is -1.65. The molecule has 0 bridgehead atoms. The summed E-state index contributed by atoms with van der Waals surface area (Å²) in [5.74, 6) is 0.137. The Morgan fingerprint density at radius 2 is 1.91 bits per heavy atom. The third-order valence-corrected chi connectivity index (χ3v) is 5.93. The number of nitrogens with zero attached hydrogens (tertiary/aromatic N) is 1. The van der Waals surface area contributed by atoms with Crippen LogP contribution in [-0.2, 0) is 16.8 Å². The molecule has 3 nitrogen and oxygen atoms in total. The van der Waals surface area contributed by atoms with Crippen molar-refractivity contribution in [2.24, 2.45) is 0 Å². The summed E-state index contributed by atoms with van der Waals surface area (Å²) in [6, 6.07) is 11.8. The number of piperidine rings is 1. The Labute approximate surface area is 134 Å². The molecule has 2 aromatic rings. The van der Waals surface area contributed by atoms with Crippen molar-refractivity contribution in [1.29, 1.82) is 0 Å². The standard InChI is InChI=1S/C18H19NO2S/c20-17(15-4-2-1-3-5-15)19-10-8-18(9-11-19)16-14(6-12-21-18)7-13-22-16/h1-5,7,13H,6,8-12H2. The topological polar surface area (TPSA) is 29.5 Å². The highest BCUT2D eigenvalue weighted by Gasteiger charge is 2.42. The van der Waals surface area contributed by atoms with Crippen molar-refractivity contribution < 1.29 is 9.53 Å². The summed E-state index contributed by atoms with van der Waals surface area (Å²) in [5, 5.41) is 2.17. The number of thiophene rings is 1. The molecule has 4 heteroatoms. The Morgan fingerprint density at radius 1 is 1.14 bits per heavy atom. The highest BCUT2D eigenvalue weighted by Crippen LogP contribution is 2.44. The fourth-order valence-electron chi connectivity index (χ4n) is 3.56. The van der Waals surface area contributed by atoms with E-state index in [2.05, 4.69) is 11.4 Å². The Bertz CT molecular complexity index is 671. The van der Waals surface area contributed by atoms with Gasteiger partial charge in [0.2, 0.25) is 0 Å². The summed E-state index contributed by atoms with van der Waals surface area (Å²) in [4.78, 5) is 15.9. The SMILES string of the molecule is O=C(c1ccccc1)N1CCC2(CC1)OCCc1ccsc12. The first-order valence-electron chi connectivity index (χ1n) is 7.84. The van der Waals surface area contributed by atoms with Crippen LogP contribution in [-0.4, -0.2) is 30.5 Å². The van der Waals surface area contributed by atoms with Crippen LogP contribution in [0.1, 0.15) is 33.6 Å². The van der Waals surface area contributed by atoms with Crippen LogP contribution in [0.25, 0.3) is 0 Å². The van der Waals surface area contributed by atoms with E-state index in [1.165, 1.54) is 10.4 Å². The van der Waals surface area contributed by atoms with E-state index >= 15 is 0 Å². The lowest BCUT2D eigenvalue weighted by atomic mass is 9.85. The average Bonchev–Trinajstić information content (AvgIpc) is 3.06. The Kier molecular flexibility index (Phi) is 3.51. The van der Waals surface area contributed by atoms with E-state index in [1.807, 2.05) is 46.6 Å². The van der Waals surface area contributed by atoms with Gasteiger partial charge >= 0.3 is 0 Å². The molecule has 114 valence electrons. The van der Waals surface area contributed by atoms with Crippen molar-refractivity contribution in [3.05, 3.63) is 57.8 Å². The first-order valence-corrected chi connectivity index (χ1v) is 8.72.